The highest BCUT2D eigenvalue weighted by molar-refractivity contribution is 9.10. The topological polar surface area (TPSA) is 58.4 Å². The molecule has 0 saturated carbocycles. The van der Waals surface area contributed by atoms with Crippen LogP contribution >= 0.6 is 15.9 Å². The summed E-state index contributed by atoms with van der Waals surface area (Å²) in [6.45, 7) is 8.29. The molecule has 1 saturated heterocycles. The van der Waals surface area contributed by atoms with Crippen LogP contribution in [0.3, 0.4) is 0 Å². The van der Waals surface area contributed by atoms with Crippen molar-refractivity contribution >= 4 is 28.6 Å². The molecule has 6 nitrogen and oxygen atoms in total. The van der Waals surface area contributed by atoms with Crippen molar-refractivity contribution in [2.75, 3.05) is 7.11 Å². The summed E-state index contributed by atoms with van der Waals surface area (Å²) in [5, 5.41) is 8.47. The van der Waals surface area contributed by atoms with Crippen LogP contribution in [0, 0.1) is 0 Å². The third-order valence-electron chi connectivity index (χ3n) is 3.36. The number of hydrogen-bond acceptors (Lipinski definition) is 5. The number of rotatable bonds is 3. The Labute approximate surface area is 115 Å². The predicted octanol–water partition coefficient (Wildman–Crippen LogP) is 0.944. The van der Waals surface area contributed by atoms with Crippen LogP contribution in [-0.4, -0.2) is 40.4 Å². The maximum atomic E-state index is 5.91. The number of hydrogen-bond donors (Lipinski definition) is 0. The molecule has 100 valence electrons. The van der Waals surface area contributed by atoms with Crippen molar-refractivity contribution in [1.82, 2.24) is 15.0 Å². The maximum absolute atomic E-state index is 5.91. The number of ether oxygens (including phenoxy) is 1. The molecule has 0 amide bonds. The molecule has 0 radical (unpaired) electrons. The Morgan fingerprint density at radius 1 is 1.22 bits per heavy atom. The molecule has 2 rings (SSSR count). The highest BCUT2D eigenvalue weighted by Crippen LogP contribution is 2.36. The number of methoxy groups -OCH3 is 1. The lowest BCUT2D eigenvalue weighted by Gasteiger charge is -2.32. The molecular formula is C10H17BBrN3O3. The fourth-order valence-electron chi connectivity index (χ4n) is 1.61. The molecule has 1 fully saturated rings. The first kappa shape index (κ1) is 14.0. The van der Waals surface area contributed by atoms with E-state index in [1.807, 2.05) is 27.7 Å². The maximum Gasteiger partial charge on any atom is 0.519 e. The molecule has 0 spiro atoms. The lowest BCUT2D eigenvalue weighted by atomic mass is 9.86. The Morgan fingerprint density at radius 3 is 2.28 bits per heavy atom. The van der Waals surface area contributed by atoms with Gasteiger partial charge in [-0.05, 0) is 43.6 Å². The van der Waals surface area contributed by atoms with Crippen molar-refractivity contribution < 1.29 is 14.0 Å². The molecule has 2 heterocycles. The Bertz CT molecular complexity index is 434. The van der Waals surface area contributed by atoms with Gasteiger partial charge in [0.1, 0.15) is 10.2 Å². The van der Waals surface area contributed by atoms with Crippen LogP contribution in [-0.2, 0) is 20.8 Å². The summed E-state index contributed by atoms with van der Waals surface area (Å²) in [6.07, 6.45) is 0. The normalized spacial score (nSPS) is 21.6. The Hall–Kier alpha value is -0.435. The van der Waals surface area contributed by atoms with Gasteiger partial charge in [-0.15, -0.1) is 5.10 Å². The van der Waals surface area contributed by atoms with E-state index in [4.69, 9.17) is 14.0 Å². The second-order valence-electron chi connectivity index (χ2n) is 5.25. The van der Waals surface area contributed by atoms with Crippen LogP contribution in [0.5, 0.6) is 0 Å². The van der Waals surface area contributed by atoms with Crippen molar-refractivity contribution in [2.24, 2.45) is 0 Å². The van der Waals surface area contributed by atoms with Gasteiger partial charge >= 0.3 is 7.12 Å². The zero-order chi connectivity index (χ0) is 13.6. The van der Waals surface area contributed by atoms with Gasteiger partial charge in [0.05, 0.1) is 11.2 Å². The van der Waals surface area contributed by atoms with Crippen LogP contribution in [0.15, 0.2) is 4.60 Å². The molecule has 18 heavy (non-hydrogen) atoms. The van der Waals surface area contributed by atoms with Crippen LogP contribution in [0.4, 0.5) is 0 Å². The Balaban J connectivity index is 2.24. The summed E-state index contributed by atoms with van der Waals surface area (Å²) in [4.78, 5) is 1.45. The molecule has 1 aromatic heterocycles. The minimum Gasteiger partial charge on any atom is -0.398 e. The van der Waals surface area contributed by atoms with Crippen molar-refractivity contribution in [3.05, 3.63) is 4.60 Å². The van der Waals surface area contributed by atoms with Gasteiger partial charge in [-0.3, -0.25) is 0 Å². The average molecular weight is 318 g/mol. The van der Waals surface area contributed by atoms with Gasteiger partial charge in [0.25, 0.3) is 0 Å². The summed E-state index contributed by atoms with van der Waals surface area (Å²) < 4.78 is 17.4. The van der Waals surface area contributed by atoms with E-state index in [1.54, 1.807) is 7.11 Å². The summed E-state index contributed by atoms with van der Waals surface area (Å²) in [5.41, 5.74) is -0.143. The molecule has 0 unspecified atom stereocenters. The highest BCUT2D eigenvalue weighted by atomic mass is 79.9. The zero-order valence-corrected chi connectivity index (χ0v) is 12.8. The van der Waals surface area contributed by atoms with E-state index >= 15 is 0 Å². The van der Waals surface area contributed by atoms with Crippen molar-refractivity contribution in [1.29, 1.82) is 0 Å². The third kappa shape index (κ3) is 2.34. The number of aromatic nitrogens is 3. The summed E-state index contributed by atoms with van der Waals surface area (Å²) in [7, 11) is 1.07. The van der Waals surface area contributed by atoms with E-state index in [0.717, 1.165) is 0 Å². The largest absolute Gasteiger partial charge is 0.519 e. The van der Waals surface area contributed by atoms with Crippen LogP contribution in [0.2, 0.25) is 0 Å². The number of halogens is 1. The van der Waals surface area contributed by atoms with Crippen molar-refractivity contribution in [3.63, 3.8) is 0 Å². The molecular weight excluding hydrogens is 301 g/mol. The molecule has 0 N–H and O–H groups in total. The summed E-state index contributed by atoms with van der Waals surface area (Å²) in [5.74, 6) is 0. The number of nitrogens with zero attached hydrogens (tertiary/aromatic N) is 3. The molecule has 1 aliphatic rings. The summed E-state index contributed by atoms with van der Waals surface area (Å²) >= 11 is 3.36. The van der Waals surface area contributed by atoms with Gasteiger partial charge in [0, 0.05) is 7.11 Å². The first-order valence-electron chi connectivity index (χ1n) is 5.72. The van der Waals surface area contributed by atoms with Gasteiger partial charge in [0.2, 0.25) is 0 Å². The Morgan fingerprint density at radius 2 is 1.78 bits per heavy atom. The van der Waals surface area contributed by atoms with Crippen molar-refractivity contribution in [3.8, 4) is 0 Å². The van der Waals surface area contributed by atoms with Gasteiger partial charge in [0.15, 0.2) is 6.73 Å². The van der Waals surface area contributed by atoms with Crippen LogP contribution in [0.1, 0.15) is 27.7 Å². The van der Waals surface area contributed by atoms with Crippen LogP contribution < -0.4 is 5.59 Å². The molecule has 0 atom stereocenters. The van der Waals surface area contributed by atoms with Crippen molar-refractivity contribution in [2.45, 2.75) is 45.6 Å². The van der Waals surface area contributed by atoms with E-state index < -0.39 is 7.12 Å². The molecule has 0 aliphatic carbocycles. The lowest BCUT2D eigenvalue weighted by Crippen LogP contribution is -2.41. The lowest BCUT2D eigenvalue weighted by molar-refractivity contribution is 0.00578. The Kier molecular flexibility index (Phi) is 3.57. The highest BCUT2D eigenvalue weighted by Gasteiger charge is 2.53. The molecule has 1 aliphatic heterocycles. The zero-order valence-electron chi connectivity index (χ0n) is 11.2. The SMILES string of the molecule is COCn1nc(Br)c(B2OC(C)(C)C(C)(C)O2)n1. The predicted molar refractivity (Wildman–Crippen MR) is 70.4 cm³/mol. The molecule has 0 aromatic carbocycles. The fraction of sp³-hybridized carbons (Fsp3) is 0.800. The van der Waals surface area contributed by atoms with Crippen LogP contribution in [0.25, 0.3) is 0 Å². The first-order valence-corrected chi connectivity index (χ1v) is 6.51. The van der Waals surface area contributed by atoms with E-state index in [9.17, 15) is 0 Å². The van der Waals surface area contributed by atoms with Gasteiger partial charge in [-0.2, -0.15) is 9.90 Å². The first-order chi connectivity index (χ1) is 8.27. The second kappa shape index (κ2) is 4.59. The standard InChI is InChI=1S/C10H17BBrN3O3/c1-9(2)10(3,4)18-11(17-9)7-8(12)14-15(13-7)6-16-5/h6H2,1-5H3. The minimum absolute atomic E-state index is 0.290. The summed E-state index contributed by atoms with van der Waals surface area (Å²) in [6, 6.07) is 0. The monoisotopic (exact) mass is 317 g/mol. The molecule has 1 aromatic rings. The van der Waals surface area contributed by atoms with E-state index in [-0.39, 0.29) is 17.9 Å². The molecule has 0 bridgehead atoms. The fourth-order valence-corrected chi connectivity index (χ4v) is 2.06. The van der Waals surface area contributed by atoms with E-state index in [1.165, 1.54) is 4.80 Å². The minimum atomic E-state index is -0.519. The van der Waals surface area contributed by atoms with Gasteiger partial charge in [-0.1, -0.05) is 0 Å². The third-order valence-corrected chi connectivity index (χ3v) is 3.92. The van der Waals surface area contributed by atoms with Gasteiger partial charge < -0.3 is 14.0 Å². The smallest absolute Gasteiger partial charge is 0.398 e. The average Bonchev–Trinajstić information content (AvgIpc) is 2.66. The molecule has 8 heteroatoms. The van der Waals surface area contributed by atoms with Gasteiger partial charge in [-0.25, -0.2) is 0 Å². The second-order valence-corrected chi connectivity index (χ2v) is 6.01. The quantitative estimate of drug-likeness (QED) is 0.777. The van der Waals surface area contributed by atoms with E-state index in [0.29, 0.717) is 10.2 Å². The van der Waals surface area contributed by atoms with E-state index in [2.05, 4.69) is 26.1 Å².